The molecule has 27 heavy (non-hydrogen) atoms. The van der Waals surface area contributed by atoms with Crippen LogP contribution in [0.1, 0.15) is 66.1 Å². The highest BCUT2D eigenvalue weighted by molar-refractivity contribution is 7.10. The zero-order valence-electron chi connectivity index (χ0n) is 15.2. The topological polar surface area (TPSA) is 50.4 Å². The van der Waals surface area contributed by atoms with E-state index in [0.717, 1.165) is 32.5 Å². The number of carbonyl (C=O) groups excluding carboxylic acids is 1. The van der Waals surface area contributed by atoms with E-state index >= 15 is 0 Å². The van der Waals surface area contributed by atoms with Gasteiger partial charge in [0.05, 0.1) is 5.56 Å². The lowest BCUT2D eigenvalue weighted by Crippen LogP contribution is -2.40. The normalized spacial score (nSPS) is 28.4. The van der Waals surface area contributed by atoms with E-state index in [1.165, 1.54) is 4.88 Å². The van der Waals surface area contributed by atoms with Crippen LogP contribution in [0.3, 0.4) is 0 Å². The van der Waals surface area contributed by atoms with E-state index in [2.05, 4.69) is 10.6 Å². The Labute approximate surface area is 168 Å². The summed E-state index contributed by atoms with van der Waals surface area (Å²) in [5, 5.41) is 8.53. The minimum Gasteiger partial charge on any atom is -0.381 e. The van der Waals surface area contributed by atoms with E-state index in [4.69, 9.17) is 4.74 Å². The molecule has 0 aromatic carbocycles. The molecule has 0 spiro atoms. The van der Waals surface area contributed by atoms with Crippen LogP contribution in [0.5, 0.6) is 0 Å². The highest BCUT2D eigenvalue weighted by Crippen LogP contribution is 2.44. The van der Waals surface area contributed by atoms with Crippen molar-refractivity contribution in [1.29, 1.82) is 0 Å². The van der Waals surface area contributed by atoms with E-state index in [-0.39, 0.29) is 37.2 Å². The van der Waals surface area contributed by atoms with Crippen molar-refractivity contribution in [2.45, 2.75) is 74.9 Å². The SMILES string of the molecule is Cl.O=C(NC1CCC(F)(F)CC1)c1csc(C2CC2NC2CCOCC2)c1. The number of halogens is 3. The van der Waals surface area contributed by atoms with Crippen molar-refractivity contribution in [2.24, 2.45) is 0 Å². The molecule has 8 heteroatoms. The molecule has 2 saturated carbocycles. The maximum atomic E-state index is 13.2. The fourth-order valence-electron chi connectivity index (χ4n) is 3.98. The summed E-state index contributed by atoms with van der Waals surface area (Å²) in [5.74, 6) is -2.19. The highest BCUT2D eigenvalue weighted by Gasteiger charge is 2.41. The predicted octanol–water partition coefficient (Wildman–Crippen LogP) is 4.10. The summed E-state index contributed by atoms with van der Waals surface area (Å²) in [6, 6.07) is 2.90. The van der Waals surface area contributed by atoms with E-state index in [0.29, 0.717) is 36.4 Å². The number of rotatable bonds is 5. The van der Waals surface area contributed by atoms with Crippen molar-refractivity contribution in [3.63, 3.8) is 0 Å². The summed E-state index contributed by atoms with van der Waals surface area (Å²) in [7, 11) is 0. The van der Waals surface area contributed by atoms with Crippen LogP contribution in [-0.4, -0.2) is 43.2 Å². The van der Waals surface area contributed by atoms with Crippen LogP contribution >= 0.6 is 23.7 Å². The predicted molar refractivity (Wildman–Crippen MR) is 104 cm³/mol. The molecular weight excluding hydrogens is 394 g/mol. The minimum atomic E-state index is -2.56. The van der Waals surface area contributed by atoms with Gasteiger partial charge in [-0.3, -0.25) is 4.79 Å². The van der Waals surface area contributed by atoms with Crippen molar-refractivity contribution in [1.82, 2.24) is 10.6 Å². The number of nitrogens with one attached hydrogen (secondary N) is 2. The number of hydrogen-bond acceptors (Lipinski definition) is 4. The largest absolute Gasteiger partial charge is 0.381 e. The molecule has 2 heterocycles. The number of alkyl halides is 2. The van der Waals surface area contributed by atoms with E-state index in [1.54, 1.807) is 11.3 Å². The van der Waals surface area contributed by atoms with Gasteiger partial charge in [-0.2, -0.15) is 0 Å². The molecule has 2 N–H and O–H groups in total. The third-order valence-corrected chi connectivity index (χ3v) is 6.83. The molecule has 0 radical (unpaired) electrons. The minimum absolute atomic E-state index is 0. The first-order valence-electron chi connectivity index (χ1n) is 9.61. The van der Waals surface area contributed by atoms with Crippen molar-refractivity contribution < 1.29 is 18.3 Å². The molecule has 152 valence electrons. The van der Waals surface area contributed by atoms with Gasteiger partial charge in [0, 0.05) is 60.4 Å². The smallest absolute Gasteiger partial charge is 0.252 e. The second-order valence-corrected chi connectivity index (χ2v) is 8.79. The summed E-state index contributed by atoms with van der Waals surface area (Å²) in [6.07, 6.45) is 3.72. The Kier molecular flexibility index (Phi) is 6.77. The van der Waals surface area contributed by atoms with Crippen molar-refractivity contribution in [2.75, 3.05) is 13.2 Å². The Balaban J connectivity index is 0.00000210. The van der Waals surface area contributed by atoms with Crippen LogP contribution in [0.25, 0.3) is 0 Å². The second-order valence-electron chi connectivity index (χ2n) is 7.84. The molecule has 3 aliphatic rings. The fraction of sp³-hybridized carbons (Fsp3) is 0.737. The van der Waals surface area contributed by atoms with E-state index < -0.39 is 5.92 Å². The van der Waals surface area contributed by atoms with Crippen molar-refractivity contribution in [3.8, 4) is 0 Å². The summed E-state index contributed by atoms with van der Waals surface area (Å²) in [6.45, 7) is 1.68. The van der Waals surface area contributed by atoms with Crippen LogP contribution in [0.15, 0.2) is 11.4 Å². The maximum absolute atomic E-state index is 13.2. The van der Waals surface area contributed by atoms with Gasteiger partial charge in [-0.25, -0.2) is 8.78 Å². The molecule has 2 unspecified atom stereocenters. The van der Waals surface area contributed by atoms with E-state index in [9.17, 15) is 13.6 Å². The van der Waals surface area contributed by atoms with Gasteiger partial charge >= 0.3 is 0 Å². The molecule has 1 aliphatic heterocycles. The van der Waals surface area contributed by atoms with Crippen molar-refractivity contribution >= 4 is 29.7 Å². The average molecular weight is 421 g/mol. The lowest BCUT2D eigenvalue weighted by atomic mass is 9.92. The van der Waals surface area contributed by atoms with Gasteiger partial charge in [0.15, 0.2) is 0 Å². The Morgan fingerprint density at radius 3 is 2.56 bits per heavy atom. The molecule has 4 rings (SSSR count). The van der Waals surface area contributed by atoms with Gasteiger partial charge in [0.25, 0.3) is 5.91 Å². The molecule has 1 saturated heterocycles. The number of hydrogen-bond donors (Lipinski definition) is 2. The molecule has 2 aliphatic carbocycles. The van der Waals surface area contributed by atoms with Crippen molar-refractivity contribution in [3.05, 3.63) is 21.9 Å². The lowest BCUT2D eigenvalue weighted by Gasteiger charge is -2.28. The number of carbonyl (C=O) groups is 1. The second kappa shape index (κ2) is 8.72. The first kappa shape index (κ1) is 21.0. The zero-order chi connectivity index (χ0) is 18.1. The molecule has 1 amide bonds. The monoisotopic (exact) mass is 420 g/mol. The maximum Gasteiger partial charge on any atom is 0.252 e. The number of ether oxygens (including phenoxy) is 1. The summed E-state index contributed by atoms with van der Waals surface area (Å²) >= 11 is 1.63. The van der Waals surface area contributed by atoms with Gasteiger partial charge in [-0.15, -0.1) is 23.7 Å². The van der Waals surface area contributed by atoms with Gasteiger partial charge in [-0.05, 0) is 38.2 Å². The Hall–Kier alpha value is -0.760. The highest BCUT2D eigenvalue weighted by atomic mass is 35.5. The standard InChI is InChI=1S/C19H26F2N2O2S.ClH/c20-19(21)5-1-13(2-6-19)23-18(24)12-9-17(26-11-12)15-10-16(15)22-14-3-7-25-8-4-14;/h9,11,13-16,22H,1-8,10H2,(H,23,24);1H. The molecular formula is C19H27ClF2N2O2S. The average Bonchev–Trinajstić information content (AvgIpc) is 3.20. The summed E-state index contributed by atoms with van der Waals surface area (Å²) in [5.41, 5.74) is 0.666. The quantitative estimate of drug-likeness (QED) is 0.753. The lowest BCUT2D eigenvalue weighted by molar-refractivity contribution is -0.0399. The molecule has 2 atom stereocenters. The Morgan fingerprint density at radius 1 is 1.15 bits per heavy atom. The first-order chi connectivity index (χ1) is 12.5. The third kappa shape index (κ3) is 5.40. The van der Waals surface area contributed by atoms with Crippen LogP contribution < -0.4 is 10.6 Å². The third-order valence-electron chi connectivity index (χ3n) is 5.76. The fourth-order valence-corrected chi connectivity index (χ4v) is 5.05. The molecule has 4 nitrogen and oxygen atoms in total. The first-order valence-corrected chi connectivity index (χ1v) is 10.5. The van der Waals surface area contributed by atoms with Gasteiger partial charge < -0.3 is 15.4 Å². The van der Waals surface area contributed by atoms with Gasteiger partial charge in [0.1, 0.15) is 0 Å². The van der Waals surface area contributed by atoms with Gasteiger partial charge in [-0.1, -0.05) is 0 Å². The van der Waals surface area contributed by atoms with Crippen LogP contribution in [0.4, 0.5) is 8.78 Å². The van der Waals surface area contributed by atoms with Gasteiger partial charge in [0.2, 0.25) is 5.92 Å². The molecule has 1 aromatic rings. The molecule has 1 aromatic heterocycles. The van der Waals surface area contributed by atoms with Crippen LogP contribution in [0, 0.1) is 0 Å². The number of amides is 1. The Morgan fingerprint density at radius 2 is 1.85 bits per heavy atom. The van der Waals surface area contributed by atoms with Crippen LogP contribution in [-0.2, 0) is 4.74 Å². The van der Waals surface area contributed by atoms with Crippen LogP contribution in [0.2, 0.25) is 0 Å². The number of thiophene rings is 1. The summed E-state index contributed by atoms with van der Waals surface area (Å²) in [4.78, 5) is 13.7. The Bertz CT molecular complexity index is 641. The van der Waals surface area contributed by atoms with E-state index in [1.807, 2.05) is 11.4 Å². The zero-order valence-corrected chi connectivity index (χ0v) is 16.8. The summed E-state index contributed by atoms with van der Waals surface area (Å²) < 4.78 is 31.8. The molecule has 3 fully saturated rings. The molecule has 0 bridgehead atoms.